The van der Waals surface area contributed by atoms with Crippen LogP contribution in [0.5, 0.6) is 0 Å². The third-order valence-electron chi connectivity index (χ3n) is 5.54. The highest BCUT2D eigenvalue weighted by atomic mass is 35.5. The van der Waals surface area contributed by atoms with Crippen LogP contribution in [0.2, 0.25) is 0 Å². The van der Waals surface area contributed by atoms with Gasteiger partial charge in [-0.2, -0.15) is 0 Å². The predicted molar refractivity (Wildman–Crippen MR) is 142 cm³/mol. The molecule has 0 radical (unpaired) electrons. The summed E-state index contributed by atoms with van der Waals surface area (Å²) in [5, 5.41) is 12.2. The molecule has 3 aromatic heterocycles. The van der Waals surface area contributed by atoms with E-state index in [4.69, 9.17) is 5.73 Å². The zero-order valence-corrected chi connectivity index (χ0v) is 20.7. The van der Waals surface area contributed by atoms with Gasteiger partial charge in [-0.1, -0.05) is 23.4 Å². The zero-order chi connectivity index (χ0) is 23.5. The van der Waals surface area contributed by atoms with Gasteiger partial charge in [0.05, 0.1) is 23.3 Å². The van der Waals surface area contributed by atoms with Crippen molar-refractivity contribution in [3.63, 3.8) is 0 Å². The summed E-state index contributed by atoms with van der Waals surface area (Å²) in [6.45, 7) is 1.34. The first-order valence-corrected chi connectivity index (χ1v) is 10.9. The molecule has 0 aliphatic carbocycles. The second-order valence-corrected chi connectivity index (χ2v) is 7.91. The normalized spacial score (nSPS) is 10.6. The van der Waals surface area contributed by atoms with Crippen molar-refractivity contribution in [3.05, 3.63) is 83.8 Å². The maximum Gasteiger partial charge on any atom is 0.254 e. The highest BCUT2D eigenvalue weighted by Crippen LogP contribution is 2.23. The van der Waals surface area contributed by atoms with Crippen molar-refractivity contribution in [2.24, 2.45) is 5.73 Å². The SMILES string of the molecule is Cl.Cl.NCCCNC(=O)c1ccc(-c2ccc3nnn(Cc4ccc5ncccc5c4)c3n2)cc1F. The van der Waals surface area contributed by atoms with Crippen LogP contribution in [0, 0.1) is 5.82 Å². The first-order chi connectivity index (χ1) is 16.6. The van der Waals surface area contributed by atoms with Crippen molar-refractivity contribution in [1.82, 2.24) is 30.3 Å². The maximum atomic E-state index is 14.7. The van der Waals surface area contributed by atoms with Crippen LogP contribution in [0.1, 0.15) is 22.3 Å². The Morgan fingerprint density at radius 3 is 2.67 bits per heavy atom. The van der Waals surface area contributed by atoms with Crippen molar-refractivity contribution in [1.29, 1.82) is 0 Å². The Hall–Kier alpha value is -3.66. The minimum atomic E-state index is -0.610. The number of pyridine rings is 2. The molecule has 0 unspecified atom stereocenters. The summed E-state index contributed by atoms with van der Waals surface area (Å²) in [5.74, 6) is -1.07. The summed E-state index contributed by atoms with van der Waals surface area (Å²) >= 11 is 0. The van der Waals surface area contributed by atoms with E-state index in [0.29, 0.717) is 48.5 Å². The van der Waals surface area contributed by atoms with Crippen LogP contribution in [0.4, 0.5) is 4.39 Å². The topological polar surface area (TPSA) is 112 Å². The van der Waals surface area contributed by atoms with Gasteiger partial charge in [-0.15, -0.1) is 29.9 Å². The van der Waals surface area contributed by atoms with Gasteiger partial charge in [-0.05, 0) is 61.0 Å². The van der Waals surface area contributed by atoms with Crippen molar-refractivity contribution in [2.45, 2.75) is 13.0 Å². The smallest absolute Gasteiger partial charge is 0.254 e. The number of aromatic nitrogens is 5. The van der Waals surface area contributed by atoms with Gasteiger partial charge in [0.1, 0.15) is 11.3 Å². The van der Waals surface area contributed by atoms with Crippen LogP contribution in [0.15, 0.2) is 66.9 Å². The lowest BCUT2D eigenvalue weighted by atomic mass is 10.1. The zero-order valence-electron chi connectivity index (χ0n) is 19.1. The lowest BCUT2D eigenvalue weighted by Crippen LogP contribution is -2.26. The number of rotatable bonds is 7. The molecule has 11 heteroatoms. The summed E-state index contributed by atoms with van der Waals surface area (Å²) in [5.41, 5.74) is 9.73. The van der Waals surface area contributed by atoms with Gasteiger partial charge in [0.25, 0.3) is 5.91 Å². The molecule has 0 atom stereocenters. The van der Waals surface area contributed by atoms with E-state index in [-0.39, 0.29) is 30.4 Å². The van der Waals surface area contributed by atoms with E-state index in [1.165, 1.54) is 12.1 Å². The van der Waals surface area contributed by atoms with E-state index in [0.717, 1.165) is 16.5 Å². The summed E-state index contributed by atoms with van der Waals surface area (Å²) in [4.78, 5) is 21.2. The van der Waals surface area contributed by atoms with Gasteiger partial charge in [0.2, 0.25) is 0 Å². The fraction of sp³-hybridized carbons (Fsp3) is 0.160. The van der Waals surface area contributed by atoms with E-state index in [1.807, 2.05) is 24.3 Å². The van der Waals surface area contributed by atoms with Gasteiger partial charge in [0.15, 0.2) is 5.65 Å². The molecule has 1 amide bonds. The Morgan fingerprint density at radius 1 is 1.03 bits per heavy atom. The number of halogens is 3. The van der Waals surface area contributed by atoms with Crippen LogP contribution >= 0.6 is 24.8 Å². The third kappa shape index (κ3) is 5.59. The molecule has 0 fully saturated rings. The Morgan fingerprint density at radius 2 is 1.86 bits per heavy atom. The summed E-state index contributed by atoms with van der Waals surface area (Å²) in [6, 6.07) is 18.0. The number of nitrogens with one attached hydrogen (secondary N) is 1. The van der Waals surface area contributed by atoms with Crippen molar-refractivity contribution < 1.29 is 9.18 Å². The molecule has 0 bridgehead atoms. The molecule has 36 heavy (non-hydrogen) atoms. The van der Waals surface area contributed by atoms with Crippen molar-refractivity contribution >= 4 is 52.8 Å². The fourth-order valence-corrected chi connectivity index (χ4v) is 3.77. The lowest BCUT2D eigenvalue weighted by molar-refractivity contribution is 0.0949. The Labute approximate surface area is 218 Å². The molecule has 5 aromatic rings. The number of hydrogen-bond acceptors (Lipinski definition) is 6. The standard InChI is InChI=1S/C25H22FN7O.2ClH/c26-20-14-18(5-6-19(20)25(34)29-12-2-10-27)22-8-9-23-24(30-22)33(32-31-23)15-16-4-7-21-17(13-16)3-1-11-28-21;;/h1,3-9,11,13-14H,2,10,12,15,27H2,(H,29,34);2*1H. The summed E-state index contributed by atoms with van der Waals surface area (Å²) in [6.07, 6.45) is 2.40. The van der Waals surface area contributed by atoms with Gasteiger partial charge in [-0.3, -0.25) is 9.78 Å². The Kier molecular flexibility index (Phi) is 8.87. The van der Waals surface area contributed by atoms with Crippen LogP contribution < -0.4 is 11.1 Å². The molecule has 186 valence electrons. The minimum Gasteiger partial charge on any atom is -0.352 e. The number of nitrogens with zero attached hydrogens (tertiary/aromatic N) is 5. The van der Waals surface area contributed by atoms with Gasteiger partial charge < -0.3 is 11.1 Å². The molecule has 0 aliphatic heterocycles. The van der Waals surface area contributed by atoms with Gasteiger partial charge >= 0.3 is 0 Å². The first-order valence-electron chi connectivity index (χ1n) is 10.9. The van der Waals surface area contributed by atoms with Crippen LogP contribution in [-0.2, 0) is 6.54 Å². The second kappa shape index (κ2) is 11.9. The largest absolute Gasteiger partial charge is 0.352 e. The summed E-state index contributed by atoms with van der Waals surface area (Å²) in [7, 11) is 0. The molecule has 2 aromatic carbocycles. The summed E-state index contributed by atoms with van der Waals surface area (Å²) < 4.78 is 16.4. The molecule has 0 saturated carbocycles. The van der Waals surface area contributed by atoms with E-state index in [2.05, 4.69) is 31.7 Å². The first kappa shape index (κ1) is 26.9. The molecule has 3 N–H and O–H groups in total. The number of carbonyl (C=O) groups excluding carboxylic acids is 1. The average Bonchev–Trinajstić information content (AvgIpc) is 3.26. The van der Waals surface area contributed by atoms with Gasteiger partial charge in [-0.25, -0.2) is 14.1 Å². The minimum absolute atomic E-state index is 0. The predicted octanol–water partition coefficient (Wildman–Crippen LogP) is 4.15. The van der Waals surface area contributed by atoms with Crippen LogP contribution in [-0.4, -0.2) is 44.0 Å². The molecule has 0 aliphatic rings. The highest BCUT2D eigenvalue weighted by molar-refractivity contribution is 5.95. The van der Waals surface area contributed by atoms with Crippen LogP contribution in [0.25, 0.3) is 33.3 Å². The van der Waals surface area contributed by atoms with Crippen molar-refractivity contribution in [2.75, 3.05) is 13.1 Å². The fourth-order valence-electron chi connectivity index (χ4n) is 3.77. The van der Waals surface area contributed by atoms with Crippen molar-refractivity contribution in [3.8, 4) is 11.3 Å². The molecule has 0 spiro atoms. The van der Waals surface area contributed by atoms with E-state index in [9.17, 15) is 9.18 Å². The quantitative estimate of drug-likeness (QED) is 0.307. The van der Waals surface area contributed by atoms with E-state index in [1.54, 1.807) is 29.1 Å². The molecule has 8 nitrogen and oxygen atoms in total. The molecule has 5 rings (SSSR count). The Bertz CT molecular complexity index is 1510. The van der Waals surface area contributed by atoms with E-state index >= 15 is 0 Å². The monoisotopic (exact) mass is 527 g/mol. The molecular weight excluding hydrogens is 504 g/mol. The number of carbonyl (C=O) groups is 1. The molecule has 0 saturated heterocycles. The number of fused-ring (bicyclic) bond motifs is 2. The molecular formula is C25H24Cl2FN7O. The number of nitrogens with two attached hydrogens (primary N) is 1. The third-order valence-corrected chi connectivity index (χ3v) is 5.54. The number of hydrogen-bond donors (Lipinski definition) is 2. The van der Waals surface area contributed by atoms with E-state index < -0.39 is 11.7 Å². The van der Waals surface area contributed by atoms with Gasteiger partial charge in [0, 0.05) is 23.7 Å². The number of amides is 1. The van der Waals surface area contributed by atoms with Crippen LogP contribution in [0.3, 0.4) is 0 Å². The second-order valence-electron chi connectivity index (χ2n) is 7.91. The number of benzene rings is 2. The lowest BCUT2D eigenvalue weighted by Gasteiger charge is -2.08. The average molecular weight is 528 g/mol. The molecule has 3 heterocycles. The Balaban J connectivity index is 0.00000180. The highest BCUT2D eigenvalue weighted by Gasteiger charge is 2.14. The maximum absolute atomic E-state index is 14.7.